The molecule has 34 heavy (non-hydrogen) atoms. The topological polar surface area (TPSA) is 67.9 Å². The molecule has 1 saturated heterocycles. The Bertz CT molecular complexity index is 953. The van der Waals surface area contributed by atoms with Crippen LogP contribution in [0.4, 0.5) is 5.69 Å². The van der Waals surface area contributed by atoms with Crippen LogP contribution in [0.25, 0.3) is 0 Å². The van der Waals surface area contributed by atoms with Gasteiger partial charge in [-0.3, -0.25) is 9.59 Å². The first kappa shape index (κ1) is 25.6. The minimum Gasteiger partial charge on any atom is -0.494 e. The molecule has 6 heteroatoms. The zero-order valence-electron chi connectivity index (χ0n) is 20.8. The molecule has 1 atom stereocenters. The smallest absolute Gasteiger partial charge is 0.306 e. The van der Waals surface area contributed by atoms with Gasteiger partial charge in [0.15, 0.2) is 0 Å². The summed E-state index contributed by atoms with van der Waals surface area (Å²) >= 11 is 0. The van der Waals surface area contributed by atoms with Gasteiger partial charge in [-0.05, 0) is 75.3 Å². The van der Waals surface area contributed by atoms with Crippen molar-refractivity contribution in [3.63, 3.8) is 0 Å². The third-order valence-corrected chi connectivity index (χ3v) is 6.18. The lowest BCUT2D eigenvalue weighted by molar-refractivity contribution is -0.143. The molecule has 0 saturated carbocycles. The van der Waals surface area contributed by atoms with Gasteiger partial charge < -0.3 is 19.7 Å². The molecule has 1 N–H and O–H groups in total. The summed E-state index contributed by atoms with van der Waals surface area (Å²) in [7, 11) is 0. The van der Waals surface area contributed by atoms with Gasteiger partial charge >= 0.3 is 5.97 Å². The van der Waals surface area contributed by atoms with Crippen LogP contribution in [-0.2, 0) is 27.2 Å². The van der Waals surface area contributed by atoms with Gasteiger partial charge in [0.2, 0.25) is 5.91 Å². The molecule has 184 valence electrons. The number of amides is 1. The van der Waals surface area contributed by atoms with E-state index in [0.717, 1.165) is 35.5 Å². The molecule has 0 aromatic heterocycles. The summed E-state index contributed by atoms with van der Waals surface area (Å²) in [6.45, 7) is 8.82. The number of ether oxygens (including phenoxy) is 2. The van der Waals surface area contributed by atoms with Gasteiger partial charge in [-0.15, -0.1) is 0 Å². The molecule has 6 nitrogen and oxygen atoms in total. The van der Waals surface area contributed by atoms with Crippen molar-refractivity contribution in [1.29, 1.82) is 0 Å². The van der Waals surface area contributed by atoms with Gasteiger partial charge in [-0.25, -0.2) is 0 Å². The Kier molecular flexibility index (Phi) is 9.80. The van der Waals surface area contributed by atoms with Gasteiger partial charge in [0.25, 0.3) is 0 Å². The highest BCUT2D eigenvalue weighted by Gasteiger charge is 2.19. The number of esters is 1. The van der Waals surface area contributed by atoms with E-state index in [4.69, 9.17) is 9.47 Å². The first-order chi connectivity index (χ1) is 16.5. The Morgan fingerprint density at radius 3 is 2.53 bits per heavy atom. The second-order valence-corrected chi connectivity index (χ2v) is 8.75. The number of rotatable bonds is 11. The lowest BCUT2D eigenvalue weighted by Gasteiger charge is -2.32. The minimum atomic E-state index is -0.216. The monoisotopic (exact) mass is 466 g/mol. The fourth-order valence-electron chi connectivity index (χ4n) is 4.51. The zero-order chi connectivity index (χ0) is 24.3. The second kappa shape index (κ2) is 13.0. The van der Waals surface area contributed by atoms with E-state index in [1.807, 2.05) is 38.1 Å². The molecular formula is C28H38N2O4. The molecular weight excluding hydrogens is 428 g/mol. The summed E-state index contributed by atoms with van der Waals surface area (Å²) in [6, 6.07) is 14.1. The molecule has 1 aliphatic rings. The van der Waals surface area contributed by atoms with E-state index in [-0.39, 0.29) is 24.3 Å². The number of hydrogen-bond donors (Lipinski definition) is 1. The molecule has 1 fully saturated rings. The third-order valence-electron chi connectivity index (χ3n) is 6.18. The van der Waals surface area contributed by atoms with E-state index >= 15 is 0 Å². The number of para-hydroxylation sites is 1. The maximum Gasteiger partial charge on any atom is 0.306 e. The normalized spacial score (nSPS) is 14.4. The van der Waals surface area contributed by atoms with E-state index in [9.17, 15) is 9.59 Å². The van der Waals surface area contributed by atoms with Crippen LogP contribution >= 0.6 is 0 Å². The highest BCUT2D eigenvalue weighted by Crippen LogP contribution is 2.29. The van der Waals surface area contributed by atoms with Crippen molar-refractivity contribution in [1.82, 2.24) is 5.32 Å². The maximum atomic E-state index is 12.9. The quantitative estimate of drug-likeness (QED) is 0.473. The summed E-state index contributed by atoms with van der Waals surface area (Å²) in [5.74, 6) is 0.482. The Hall–Kier alpha value is -3.02. The highest BCUT2D eigenvalue weighted by atomic mass is 16.5. The van der Waals surface area contributed by atoms with Crippen LogP contribution in [0.3, 0.4) is 0 Å². The van der Waals surface area contributed by atoms with E-state index in [1.54, 1.807) is 6.92 Å². The van der Waals surface area contributed by atoms with Crippen molar-refractivity contribution in [2.75, 3.05) is 31.2 Å². The highest BCUT2D eigenvalue weighted by molar-refractivity contribution is 5.79. The standard InChI is InChI=1S/C28H38N2O4/c1-4-33-26-19-22(13-14-23(26)15-16-28(32)34-5-2)20-27(31)29-21(3)24-11-7-8-12-25(24)30-17-9-6-10-18-30/h7-8,11-14,19,21H,4-6,9-10,15-18,20H2,1-3H3,(H,29,31). The van der Waals surface area contributed by atoms with Crippen LogP contribution in [0.2, 0.25) is 0 Å². The van der Waals surface area contributed by atoms with Crippen molar-refractivity contribution >= 4 is 17.6 Å². The summed E-state index contributed by atoms with van der Waals surface area (Å²) in [4.78, 5) is 27.1. The van der Waals surface area contributed by atoms with Crippen LogP contribution in [-0.4, -0.2) is 38.2 Å². The molecule has 0 aliphatic carbocycles. The predicted molar refractivity (Wildman–Crippen MR) is 135 cm³/mol. The number of aryl methyl sites for hydroxylation is 1. The van der Waals surface area contributed by atoms with Gasteiger partial charge in [0.1, 0.15) is 5.75 Å². The van der Waals surface area contributed by atoms with Crippen molar-refractivity contribution in [2.45, 2.75) is 65.3 Å². The summed E-state index contributed by atoms with van der Waals surface area (Å²) in [6.07, 6.45) is 4.84. The van der Waals surface area contributed by atoms with Crippen molar-refractivity contribution in [2.24, 2.45) is 0 Å². The molecule has 0 radical (unpaired) electrons. The first-order valence-corrected chi connectivity index (χ1v) is 12.5. The minimum absolute atomic E-state index is 0.0253. The van der Waals surface area contributed by atoms with Gasteiger partial charge in [0.05, 0.1) is 25.7 Å². The predicted octanol–water partition coefficient (Wildman–Crippen LogP) is 4.99. The van der Waals surface area contributed by atoms with Crippen LogP contribution < -0.4 is 15.0 Å². The second-order valence-electron chi connectivity index (χ2n) is 8.75. The van der Waals surface area contributed by atoms with E-state index < -0.39 is 0 Å². The number of nitrogens with one attached hydrogen (secondary N) is 1. The lowest BCUT2D eigenvalue weighted by Crippen LogP contribution is -2.33. The fraction of sp³-hybridized carbons (Fsp3) is 0.500. The van der Waals surface area contributed by atoms with Crippen LogP contribution in [0, 0.1) is 0 Å². The molecule has 2 aromatic carbocycles. The molecule has 3 rings (SSSR count). The average molecular weight is 467 g/mol. The summed E-state index contributed by atoms with van der Waals surface area (Å²) in [5.41, 5.74) is 4.21. The SMILES string of the molecule is CCOC(=O)CCc1ccc(CC(=O)NC(C)c2ccccc2N2CCCCC2)cc1OCC. The molecule has 1 amide bonds. The number of piperidine rings is 1. The molecule has 0 spiro atoms. The Morgan fingerprint density at radius 2 is 1.79 bits per heavy atom. The first-order valence-electron chi connectivity index (χ1n) is 12.5. The number of nitrogens with zero attached hydrogens (tertiary/aromatic N) is 1. The Morgan fingerprint density at radius 1 is 1.03 bits per heavy atom. The molecule has 2 aromatic rings. The van der Waals surface area contributed by atoms with Crippen molar-refractivity contribution in [3.05, 3.63) is 59.2 Å². The summed E-state index contributed by atoms with van der Waals surface area (Å²) < 4.78 is 10.8. The van der Waals surface area contributed by atoms with Gasteiger partial charge in [0, 0.05) is 25.2 Å². The van der Waals surface area contributed by atoms with E-state index in [0.29, 0.717) is 26.1 Å². The van der Waals surface area contributed by atoms with Gasteiger partial charge in [-0.2, -0.15) is 0 Å². The zero-order valence-corrected chi connectivity index (χ0v) is 20.8. The molecule has 1 heterocycles. The Balaban J connectivity index is 1.64. The Labute approximate surface area is 203 Å². The van der Waals surface area contributed by atoms with Gasteiger partial charge in [-0.1, -0.05) is 30.3 Å². The molecule has 1 aliphatic heterocycles. The van der Waals surface area contributed by atoms with Crippen LogP contribution in [0.1, 0.15) is 69.2 Å². The molecule has 1 unspecified atom stereocenters. The lowest BCUT2D eigenvalue weighted by atomic mass is 10.0. The third kappa shape index (κ3) is 7.24. The van der Waals surface area contributed by atoms with Crippen molar-refractivity contribution < 1.29 is 19.1 Å². The fourth-order valence-corrected chi connectivity index (χ4v) is 4.51. The number of hydrogen-bond acceptors (Lipinski definition) is 5. The summed E-state index contributed by atoms with van der Waals surface area (Å²) in [5, 5.41) is 3.18. The van der Waals surface area contributed by atoms with E-state index in [2.05, 4.69) is 28.4 Å². The van der Waals surface area contributed by atoms with Crippen LogP contribution in [0.15, 0.2) is 42.5 Å². The number of carbonyl (C=O) groups excluding carboxylic acids is 2. The number of anilines is 1. The number of benzene rings is 2. The molecule has 0 bridgehead atoms. The van der Waals surface area contributed by atoms with Crippen molar-refractivity contribution in [3.8, 4) is 5.75 Å². The van der Waals surface area contributed by atoms with Crippen LogP contribution in [0.5, 0.6) is 5.75 Å². The largest absolute Gasteiger partial charge is 0.494 e. The average Bonchev–Trinajstić information content (AvgIpc) is 2.84. The maximum absolute atomic E-state index is 12.9. The number of carbonyl (C=O) groups is 2. The van der Waals surface area contributed by atoms with E-state index in [1.165, 1.54) is 24.9 Å².